The Morgan fingerprint density at radius 2 is 1.89 bits per heavy atom. The molecular formula is C11H16N4O3. The predicted octanol–water partition coefficient (Wildman–Crippen LogP) is 0.664. The minimum absolute atomic E-state index is 0.0657. The molecule has 0 aliphatic carbocycles. The number of hydrogen-bond donors (Lipinski definition) is 4. The lowest BCUT2D eigenvalue weighted by Crippen LogP contribution is -2.18. The van der Waals surface area contributed by atoms with Crippen molar-refractivity contribution in [1.82, 2.24) is 0 Å². The van der Waals surface area contributed by atoms with E-state index in [1.54, 1.807) is 12.1 Å². The van der Waals surface area contributed by atoms with Crippen molar-refractivity contribution in [2.24, 2.45) is 21.8 Å². The number of ether oxygens (including phenoxy) is 1. The minimum Gasteiger partial charge on any atom is -0.493 e. The van der Waals surface area contributed by atoms with Gasteiger partial charge in [-0.2, -0.15) is 0 Å². The van der Waals surface area contributed by atoms with E-state index >= 15 is 0 Å². The molecule has 0 unspecified atom stereocenters. The van der Waals surface area contributed by atoms with Gasteiger partial charge in [0.05, 0.1) is 12.2 Å². The number of rotatable bonds is 5. The summed E-state index contributed by atoms with van der Waals surface area (Å²) in [5, 5.41) is 23.1. The van der Waals surface area contributed by atoms with Gasteiger partial charge in [-0.1, -0.05) is 17.2 Å². The largest absolute Gasteiger partial charge is 0.493 e. The van der Waals surface area contributed by atoms with Crippen molar-refractivity contribution in [3.8, 4) is 5.75 Å². The van der Waals surface area contributed by atoms with Crippen molar-refractivity contribution in [1.29, 1.82) is 0 Å². The van der Waals surface area contributed by atoms with Gasteiger partial charge in [-0.3, -0.25) is 0 Å². The quantitative estimate of drug-likeness (QED) is 0.265. The van der Waals surface area contributed by atoms with E-state index in [0.717, 1.165) is 6.42 Å². The molecule has 0 saturated carbocycles. The molecule has 0 aliphatic heterocycles. The summed E-state index contributed by atoms with van der Waals surface area (Å²) in [5.41, 5.74) is 11.9. The fourth-order valence-corrected chi connectivity index (χ4v) is 1.34. The molecule has 0 fully saturated rings. The lowest BCUT2D eigenvalue weighted by Gasteiger charge is -2.11. The van der Waals surface area contributed by atoms with Crippen LogP contribution in [0.1, 0.15) is 24.5 Å². The number of nitrogens with zero attached hydrogens (tertiary/aromatic N) is 2. The fourth-order valence-electron chi connectivity index (χ4n) is 1.34. The van der Waals surface area contributed by atoms with Crippen LogP contribution >= 0.6 is 0 Å². The molecule has 0 aliphatic rings. The summed E-state index contributed by atoms with van der Waals surface area (Å²) in [6.07, 6.45) is 0.831. The van der Waals surface area contributed by atoms with E-state index < -0.39 is 0 Å². The van der Waals surface area contributed by atoms with E-state index in [1.165, 1.54) is 6.07 Å². The summed E-state index contributed by atoms with van der Waals surface area (Å²) in [7, 11) is 0. The van der Waals surface area contributed by atoms with E-state index in [2.05, 4.69) is 10.3 Å². The summed E-state index contributed by atoms with van der Waals surface area (Å²) < 4.78 is 5.46. The molecule has 0 radical (unpaired) electrons. The second-order valence-electron chi connectivity index (χ2n) is 3.53. The monoisotopic (exact) mass is 252 g/mol. The molecule has 0 heterocycles. The highest BCUT2D eigenvalue weighted by atomic mass is 16.5. The first kappa shape index (κ1) is 13.6. The maximum atomic E-state index is 8.72. The zero-order valence-electron chi connectivity index (χ0n) is 10.00. The van der Waals surface area contributed by atoms with E-state index in [9.17, 15) is 0 Å². The van der Waals surface area contributed by atoms with Crippen LogP contribution in [-0.2, 0) is 0 Å². The Morgan fingerprint density at radius 3 is 2.44 bits per heavy atom. The van der Waals surface area contributed by atoms with Gasteiger partial charge in [-0.05, 0) is 24.6 Å². The zero-order chi connectivity index (χ0) is 13.5. The Kier molecular flexibility index (Phi) is 4.79. The Morgan fingerprint density at radius 1 is 1.22 bits per heavy atom. The van der Waals surface area contributed by atoms with E-state index in [4.69, 9.17) is 26.6 Å². The topological polar surface area (TPSA) is 126 Å². The second kappa shape index (κ2) is 6.33. The molecule has 1 aromatic rings. The summed E-state index contributed by atoms with van der Waals surface area (Å²) in [6, 6.07) is 4.76. The molecule has 0 saturated heterocycles. The maximum absolute atomic E-state index is 8.72. The molecule has 6 N–H and O–H groups in total. The average molecular weight is 252 g/mol. The van der Waals surface area contributed by atoms with Crippen LogP contribution in [0.25, 0.3) is 0 Å². The van der Waals surface area contributed by atoms with Crippen LogP contribution in [0.15, 0.2) is 28.5 Å². The van der Waals surface area contributed by atoms with Crippen LogP contribution in [0.2, 0.25) is 0 Å². The third kappa shape index (κ3) is 3.03. The first-order valence-electron chi connectivity index (χ1n) is 5.36. The lowest BCUT2D eigenvalue weighted by atomic mass is 10.1. The summed E-state index contributed by atoms with van der Waals surface area (Å²) >= 11 is 0. The van der Waals surface area contributed by atoms with Crippen molar-refractivity contribution >= 4 is 11.7 Å². The highest BCUT2D eigenvalue weighted by molar-refractivity contribution is 6.04. The Bertz CT molecular complexity index is 471. The maximum Gasteiger partial charge on any atom is 0.173 e. The molecule has 0 spiro atoms. The normalized spacial score (nSPS) is 12.5. The van der Waals surface area contributed by atoms with E-state index in [0.29, 0.717) is 23.5 Å². The van der Waals surface area contributed by atoms with Crippen molar-refractivity contribution in [2.75, 3.05) is 6.61 Å². The predicted molar refractivity (Wildman–Crippen MR) is 67.2 cm³/mol. The fraction of sp³-hybridized carbons (Fsp3) is 0.273. The van der Waals surface area contributed by atoms with Gasteiger partial charge in [0.1, 0.15) is 5.75 Å². The molecule has 0 atom stereocenters. The van der Waals surface area contributed by atoms with E-state index in [-0.39, 0.29) is 11.7 Å². The second-order valence-corrected chi connectivity index (χ2v) is 3.53. The molecular weight excluding hydrogens is 236 g/mol. The number of oxime groups is 2. The molecule has 0 amide bonds. The van der Waals surface area contributed by atoms with E-state index in [1.807, 2.05) is 6.92 Å². The average Bonchev–Trinajstić information content (AvgIpc) is 2.43. The molecule has 0 aromatic heterocycles. The highest BCUT2D eigenvalue weighted by Gasteiger charge is 2.11. The number of hydrogen-bond acceptors (Lipinski definition) is 5. The van der Waals surface area contributed by atoms with Crippen LogP contribution in [0.3, 0.4) is 0 Å². The molecule has 1 rings (SSSR count). The first-order chi connectivity index (χ1) is 8.63. The lowest BCUT2D eigenvalue weighted by molar-refractivity contribution is 0.311. The van der Waals surface area contributed by atoms with Gasteiger partial charge in [-0.15, -0.1) is 0 Å². The van der Waals surface area contributed by atoms with Gasteiger partial charge >= 0.3 is 0 Å². The number of benzene rings is 1. The zero-order valence-corrected chi connectivity index (χ0v) is 10.00. The summed E-state index contributed by atoms with van der Waals surface area (Å²) in [5.74, 6) is 0.305. The van der Waals surface area contributed by atoms with Gasteiger partial charge in [0.25, 0.3) is 0 Å². The number of amidine groups is 2. The van der Waals surface area contributed by atoms with Gasteiger partial charge in [0, 0.05) is 5.56 Å². The van der Waals surface area contributed by atoms with Crippen LogP contribution in [0, 0.1) is 0 Å². The minimum atomic E-state index is -0.103. The van der Waals surface area contributed by atoms with Gasteiger partial charge in [0.2, 0.25) is 0 Å². The van der Waals surface area contributed by atoms with Crippen molar-refractivity contribution in [2.45, 2.75) is 13.3 Å². The van der Waals surface area contributed by atoms with Crippen LogP contribution in [0.4, 0.5) is 0 Å². The van der Waals surface area contributed by atoms with Gasteiger partial charge in [0.15, 0.2) is 11.7 Å². The summed E-state index contributed by atoms with van der Waals surface area (Å²) in [4.78, 5) is 0. The Balaban J connectivity index is 3.20. The molecule has 7 nitrogen and oxygen atoms in total. The molecule has 98 valence electrons. The van der Waals surface area contributed by atoms with Crippen molar-refractivity contribution < 1.29 is 15.2 Å². The highest BCUT2D eigenvalue weighted by Crippen LogP contribution is 2.20. The van der Waals surface area contributed by atoms with Gasteiger partial charge in [-0.25, -0.2) is 0 Å². The SMILES string of the molecule is CCCOc1ccc(/C(N)=N\O)cc1/C(N)=N/O. The Hall–Kier alpha value is -2.44. The third-order valence-corrected chi connectivity index (χ3v) is 2.23. The molecule has 18 heavy (non-hydrogen) atoms. The molecule has 1 aromatic carbocycles. The van der Waals surface area contributed by atoms with Crippen molar-refractivity contribution in [3.63, 3.8) is 0 Å². The first-order valence-corrected chi connectivity index (χ1v) is 5.36. The standard InChI is InChI=1S/C11H16N4O3/c1-2-5-18-9-4-3-7(10(12)14-16)6-8(9)11(13)15-17/h3-4,6,16-17H,2,5H2,1H3,(H2,12,14)(H2,13,15). The van der Waals surface area contributed by atoms with Crippen LogP contribution in [-0.4, -0.2) is 28.7 Å². The molecule has 7 heteroatoms. The smallest absolute Gasteiger partial charge is 0.173 e. The number of nitrogens with two attached hydrogens (primary N) is 2. The van der Waals surface area contributed by atoms with Crippen molar-refractivity contribution in [3.05, 3.63) is 29.3 Å². The summed E-state index contributed by atoms with van der Waals surface area (Å²) in [6.45, 7) is 2.47. The third-order valence-electron chi connectivity index (χ3n) is 2.23. The Labute approximate surface area is 104 Å². The molecule has 0 bridgehead atoms. The van der Waals surface area contributed by atoms with Crippen LogP contribution < -0.4 is 16.2 Å². The van der Waals surface area contributed by atoms with Gasteiger partial charge < -0.3 is 26.6 Å². The van der Waals surface area contributed by atoms with Crippen LogP contribution in [0.5, 0.6) is 5.75 Å².